The van der Waals surface area contributed by atoms with Crippen LogP contribution in [0.5, 0.6) is 17.2 Å². The molecular weight excluding hydrogens is 330 g/mol. The number of hydrogen-bond donors (Lipinski definition) is 3. The monoisotopic (exact) mass is 347 g/mol. The predicted octanol–water partition coefficient (Wildman–Crippen LogP) is 0.511. The van der Waals surface area contributed by atoms with Crippen LogP contribution in [0.15, 0.2) is 12.1 Å². The van der Waals surface area contributed by atoms with Crippen molar-refractivity contribution < 1.29 is 34.0 Å². The number of aromatic hydroxyl groups is 1. The van der Waals surface area contributed by atoms with Crippen molar-refractivity contribution in [2.45, 2.75) is 44.0 Å². The highest BCUT2D eigenvalue weighted by Gasteiger charge is 2.53. The van der Waals surface area contributed by atoms with Crippen LogP contribution >= 0.6 is 0 Å². The standard InChI is InChI=1S/C17H17NO7/c1-17(2)24-13-8(19)3-7-6-4-9-14(23-5-22-9)12(20)10(6)16(21)18-11(7)15(13)25-17/h3-4,8,11,13,15,19-20H,5H2,1-2H3,(H,18,21)/t8-,11+,13+,15-/m0/s1. The smallest absolute Gasteiger partial charge is 0.256 e. The summed E-state index contributed by atoms with van der Waals surface area (Å²) in [7, 11) is 0. The second kappa shape index (κ2) is 4.66. The number of ether oxygens (including phenoxy) is 4. The van der Waals surface area contributed by atoms with E-state index in [1.54, 1.807) is 26.0 Å². The van der Waals surface area contributed by atoms with Gasteiger partial charge in [-0.3, -0.25) is 4.79 Å². The first-order valence-electron chi connectivity index (χ1n) is 8.08. The first kappa shape index (κ1) is 15.0. The van der Waals surface area contributed by atoms with Gasteiger partial charge in [-0.2, -0.15) is 0 Å². The number of benzene rings is 1. The molecule has 4 aliphatic rings. The van der Waals surface area contributed by atoms with E-state index in [1.165, 1.54) is 0 Å². The van der Waals surface area contributed by atoms with Crippen LogP contribution in [0.2, 0.25) is 0 Å². The Morgan fingerprint density at radius 1 is 1.24 bits per heavy atom. The molecular formula is C17H17NO7. The minimum Gasteiger partial charge on any atom is -0.504 e. The summed E-state index contributed by atoms with van der Waals surface area (Å²) in [6, 6.07) is 1.16. The van der Waals surface area contributed by atoms with Crippen molar-refractivity contribution in [2.75, 3.05) is 6.79 Å². The van der Waals surface area contributed by atoms with Gasteiger partial charge in [-0.15, -0.1) is 0 Å². The maximum absolute atomic E-state index is 12.6. The summed E-state index contributed by atoms with van der Waals surface area (Å²) in [6.07, 6.45) is -0.368. The van der Waals surface area contributed by atoms with E-state index in [4.69, 9.17) is 18.9 Å². The molecule has 3 heterocycles. The molecule has 1 fully saturated rings. The number of carbonyl (C=O) groups excluding carboxylic acids is 1. The normalized spacial score (nSPS) is 33.9. The molecule has 5 rings (SSSR count). The van der Waals surface area contributed by atoms with Crippen LogP contribution in [0.3, 0.4) is 0 Å². The Labute approximate surface area is 142 Å². The van der Waals surface area contributed by atoms with Gasteiger partial charge in [-0.25, -0.2) is 0 Å². The van der Waals surface area contributed by atoms with E-state index in [1.807, 2.05) is 0 Å². The van der Waals surface area contributed by atoms with Crippen molar-refractivity contribution in [2.24, 2.45) is 0 Å². The average molecular weight is 347 g/mol. The minimum absolute atomic E-state index is 0.0195. The topological polar surface area (TPSA) is 106 Å². The van der Waals surface area contributed by atoms with Crippen LogP contribution in [0.1, 0.15) is 29.8 Å². The summed E-state index contributed by atoms with van der Waals surface area (Å²) in [5.74, 6) is -1.03. The second-order valence-corrected chi connectivity index (χ2v) is 7.01. The number of carbonyl (C=O) groups is 1. The van der Waals surface area contributed by atoms with Gasteiger partial charge < -0.3 is 34.5 Å². The highest BCUT2D eigenvalue weighted by Crippen LogP contribution is 2.50. The fourth-order valence-corrected chi connectivity index (χ4v) is 4.01. The van der Waals surface area contributed by atoms with Crippen LogP contribution in [0.25, 0.3) is 5.57 Å². The zero-order chi connectivity index (χ0) is 17.5. The van der Waals surface area contributed by atoms with Crippen LogP contribution in [0, 0.1) is 0 Å². The number of aliphatic hydroxyl groups is 1. The van der Waals surface area contributed by atoms with E-state index in [9.17, 15) is 15.0 Å². The third kappa shape index (κ3) is 1.95. The fraction of sp³-hybridized carbons (Fsp3) is 0.471. The molecule has 1 amide bonds. The highest BCUT2D eigenvalue weighted by atomic mass is 16.8. The number of rotatable bonds is 0. The van der Waals surface area contributed by atoms with Gasteiger partial charge in [0.15, 0.2) is 17.3 Å². The molecule has 0 spiro atoms. The summed E-state index contributed by atoms with van der Waals surface area (Å²) in [5, 5.41) is 23.8. The van der Waals surface area contributed by atoms with Crippen LogP contribution in [-0.2, 0) is 9.47 Å². The molecule has 0 radical (unpaired) electrons. The molecule has 1 saturated heterocycles. The second-order valence-electron chi connectivity index (χ2n) is 7.01. The first-order valence-corrected chi connectivity index (χ1v) is 8.08. The molecule has 8 heteroatoms. The van der Waals surface area contributed by atoms with Crippen LogP contribution in [-0.4, -0.2) is 53.1 Å². The third-order valence-corrected chi connectivity index (χ3v) is 4.98. The quantitative estimate of drug-likeness (QED) is 0.628. The Bertz CT molecular complexity index is 831. The van der Waals surface area contributed by atoms with E-state index < -0.39 is 36.0 Å². The molecule has 1 aliphatic carbocycles. The maximum Gasteiger partial charge on any atom is 0.256 e. The van der Waals surface area contributed by atoms with Crippen molar-refractivity contribution in [3.05, 3.63) is 23.3 Å². The summed E-state index contributed by atoms with van der Waals surface area (Å²) >= 11 is 0. The molecule has 1 aromatic rings. The number of aliphatic hydroxyl groups excluding tert-OH is 1. The molecule has 25 heavy (non-hydrogen) atoms. The fourth-order valence-electron chi connectivity index (χ4n) is 4.01. The van der Waals surface area contributed by atoms with Gasteiger partial charge in [0.25, 0.3) is 5.91 Å². The van der Waals surface area contributed by atoms with Crippen LogP contribution < -0.4 is 14.8 Å². The lowest BCUT2D eigenvalue weighted by Gasteiger charge is -2.38. The van der Waals surface area contributed by atoms with Crippen molar-refractivity contribution in [1.82, 2.24) is 5.32 Å². The Kier molecular flexibility index (Phi) is 2.80. The number of hydrogen-bond acceptors (Lipinski definition) is 7. The van der Waals surface area contributed by atoms with Crippen molar-refractivity contribution in [1.29, 1.82) is 0 Å². The number of nitrogens with one attached hydrogen (secondary N) is 1. The van der Waals surface area contributed by atoms with E-state index in [0.717, 1.165) is 0 Å². The van der Waals surface area contributed by atoms with Crippen molar-refractivity contribution in [3.63, 3.8) is 0 Å². The lowest BCUT2D eigenvalue weighted by Crippen LogP contribution is -2.56. The zero-order valence-electron chi connectivity index (χ0n) is 13.6. The minimum atomic E-state index is -0.895. The molecule has 4 atom stereocenters. The lowest BCUT2D eigenvalue weighted by atomic mass is 9.79. The molecule has 3 N–H and O–H groups in total. The number of amides is 1. The average Bonchev–Trinajstić information content (AvgIpc) is 3.12. The molecule has 8 nitrogen and oxygen atoms in total. The Balaban J connectivity index is 1.68. The van der Waals surface area contributed by atoms with E-state index in [2.05, 4.69) is 5.32 Å². The third-order valence-electron chi connectivity index (χ3n) is 4.98. The molecule has 0 bridgehead atoms. The summed E-state index contributed by atoms with van der Waals surface area (Å²) in [4.78, 5) is 12.6. The van der Waals surface area contributed by atoms with E-state index >= 15 is 0 Å². The lowest BCUT2D eigenvalue weighted by molar-refractivity contribution is -0.152. The predicted molar refractivity (Wildman–Crippen MR) is 83.3 cm³/mol. The van der Waals surface area contributed by atoms with Gasteiger partial charge in [0.1, 0.15) is 18.3 Å². The van der Waals surface area contributed by atoms with Crippen molar-refractivity contribution in [3.8, 4) is 17.2 Å². The molecule has 0 unspecified atom stereocenters. The summed E-state index contributed by atoms with van der Waals surface area (Å²) in [5.41, 5.74) is 1.27. The van der Waals surface area contributed by atoms with Gasteiger partial charge >= 0.3 is 0 Å². The number of phenolic OH excluding ortho intramolecular Hbond substituents is 1. The maximum atomic E-state index is 12.6. The van der Waals surface area contributed by atoms with E-state index in [-0.39, 0.29) is 23.9 Å². The molecule has 0 saturated carbocycles. The zero-order valence-corrected chi connectivity index (χ0v) is 13.6. The van der Waals surface area contributed by atoms with Crippen molar-refractivity contribution >= 4 is 11.5 Å². The Morgan fingerprint density at radius 3 is 2.80 bits per heavy atom. The van der Waals surface area contributed by atoms with E-state index in [0.29, 0.717) is 16.9 Å². The number of fused-ring (bicyclic) bond motifs is 6. The molecule has 1 aromatic carbocycles. The largest absolute Gasteiger partial charge is 0.504 e. The van der Waals surface area contributed by atoms with Gasteiger partial charge in [0.05, 0.1) is 11.6 Å². The van der Waals surface area contributed by atoms with Gasteiger partial charge in [-0.05, 0) is 31.6 Å². The van der Waals surface area contributed by atoms with Crippen LogP contribution in [0.4, 0.5) is 0 Å². The van der Waals surface area contributed by atoms with Gasteiger partial charge in [-0.1, -0.05) is 0 Å². The van der Waals surface area contributed by atoms with Gasteiger partial charge in [0.2, 0.25) is 12.5 Å². The first-order chi connectivity index (χ1) is 11.9. The Hall–Kier alpha value is -2.29. The molecule has 3 aliphatic heterocycles. The number of phenols is 1. The highest BCUT2D eigenvalue weighted by molar-refractivity contribution is 6.07. The molecule has 0 aromatic heterocycles. The Morgan fingerprint density at radius 2 is 2.00 bits per heavy atom. The summed E-state index contributed by atoms with van der Waals surface area (Å²) in [6.45, 7) is 3.51. The molecule has 132 valence electrons. The van der Waals surface area contributed by atoms with Gasteiger partial charge in [0, 0.05) is 5.56 Å². The summed E-state index contributed by atoms with van der Waals surface area (Å²) < 4.78 is 22.3. The SMILES string of the molecule is CC1(C)O[C@@H]2[C@H](O1)[C@@H](O)C=C1c3cc4c(c(O)c3C(=O)N[C@H]12)OCO4.